The highest BCUT2D eigenvalue weighted by atomic mass is 35.5. The fourth-order valence-corrected chi connectivity index (χ4v) is 1.70. The van der Waals surface area contributed by atoms with Gasteiger partial charge in [-0.2, -0.15) is 0 Å². The number of hydrogen-bond donors (Lipinski definition) is 1. The summed E-state index contributed by atoms with van der Waals surface area (Å²) in [6.45, 7) is 0. The molecular formula is C13H20ClNO5. The summed E-state index contributed by atoms with van der Waals surface area (Å²) < 4.78 is 20.3. The van der Waals surface area contributed by atoms with Crippen molar-refractivity contribution in [2.24, 2.45) is 5.73 Å². The predicted molar refractivity (Wildman–Crippen MR) is 76.9 cm³/mol. The number of hydrogen-bond acceptors (Lipinski definition) is 6. The molecule has 1 aromatic carbocycles. The standard InChI is InChI=1S/C13H19NO5.ClH/c1-16-10-5-8(9(14)7-12(15)18-3)6-11(17-2)13(10)19-4;/h5-6,9H,7,14H2,1-4H3;1H/t9-;/m0./s1. The molecule has 2 N–H and O–H groups in total. The van der Waals surface area contributed by atoms with Gasteiger partial charge in [0.15, 0.2) is 11.5 Å². The zero-order valence-electron chi connectivity index (χ0n) is 12.0. The van der Waals surface area contributed by atoms with E-state index in [0.29, 0.717) is 22.8 Å². The first-order chi connectivity index (χ1) is 9.07. The second kappa shape index (κ2) is 8.50. The van der Waals surface area contributed by atoms with Gasteiger partial charge < -0.3 is 24.7 Å². The maximum Gasteiger partial charge on any atom is 0.307 e. The Labute approximate surface area is 124 Å². The first-order valence-corrected chi connectivity index (χ1v) is 5.69. The summed E-state index contributed by atoms with van der Waals surface area (Å²) in [5, 5.41) is 0. The average Bonchev–Trinajstić information content (AvgIpc) is 2.44. The van der Waals surface area contributed by atoms with E-state index in [1.165, 1.54) is 28.4 Å². The summed E-state index contributed by atoms with van der Waals surface area (Å²) in [5.74, 6) is 1.11. The molecule has 0 aromatic heterocycles. The van der Waals surface area contributed by atoms with Gasteiger partial charge in [0, 0.05) is 6.04 Å². The molecule has 0 amide bonds. The van der Waals surface area contributed by atoms with Crippen molar-refractivity contribution in [2.45, 2.75) is 12.5 Å². The molecule has 1 rings (SSSR count). The van der Waals surface area contributed by atoms with Crippen LogP contribution in [-0.2, 0) is 9.53 Å². The van der Waals surface area contributed by atoms with Crippen LogP contribution in [0.5, 0.6) is 17.2 Å². The van der Waals surface area contributed by atoms with E-state index in [4.69, 9.17) is 19.9 Å². The van der Waals surface area contributed by atoms with E-state index in [0.717, 1.165) is 0 Å². The van der Waals surface area contributed by atoms with Crippen molar-refractivity contribution in [3.05, 3.63) is 17.7 Å². The molecule has 0 aliphatic rings. The van der Waals surface area contributed by atoms with E-state index in [1.807, 2.05) is 0 Å². The molecular weight excluding hydrogens is 286 g/mol. The van der Waals surface area contributed by atoms with E-state index in [1.54, 1.807) is 12.1 Å². The topological polar surface area (TPSA) is 80.0 Å². The quantitative estimate of drug-likeness (QED) is 0.806. The number of benzene rings is 1. The van der Waals surface area contributed by atoms with Crippen LogP contribution in [0, 0.1) is 0 Å². The maximum absolute atomic E-state index is 11.2. The van der Waals surface area contributed by atoms with Crippen molar-refractivity contribution in [1.82, 2.24) is 0 Å². The van der Waals surface area contributed by atoms with Crippen LogP contribution in [0.25, 0.3) is 0 Å². The molecule has 0 unspecified atom stereocenters. The fraction of sp³-hybridized carbons (Fsp3) is 0.462. The number of carbonyl (C=O) groups excluding carboxylic acids is 1. The van der Waals surface area contributed by atoms with E-state index < -0.39 is 6.04 Å². The van der Waals surface area contributed by atoms with Gasteiger partial charge in [0.05, 0.1) is 34.9 Å². The Hall–Kier alpha value is -1.66. The number of rotatable bonds is 6. The Bertz CT molecular complexity index is 427. The van der Waals surface area contributed by atoms with Crippen molar-refractivity contribution < 1.29 is 23.7 Å². The van der Waals surface area contributed by atoms with Crippen LogP contribution >= 0.6 is 12.4 Å². The Balaban J connectivity index is 0.00000361. The van der Waals surface area contributed by atoms with Crippen LogP contribution in [-0.4, -0.2) is 34.4 Å². The van der Waals surface area contributed by atoms with Gasteiger partial charge >= 0.3 is 5.97 Å². The van der Waals surface area contributed by atoms with Crippen LogP contribution < -0.4 is 19.9 Å². The molecule has 7 heteroatoms. The Morgan fingerprint density at radius 1 is 1.10 bits per heavy atom. The fourth-order valence-electron chi connectivity index (χ4n) is 1.70. The lowest BCUT2D eigenvalue weighted by molar-refractivity contribution is -0.141. The Kier molecular flexibility index (Phi) is 7.79. The molecule has 1 atom stereocenters. The largest absolute Gasteiger partial charge is 0.493 e. The number of halogens is 1. The van der Waals surface area contributed by atoms with Gasteiger partial charge in [-0.25, -0.2) is 0 Å². The highest BCUT2D eigenvalue weighted by Gasteiger charge is 2.18. The number of methoxy groups -OCH3 is 4. The molecule has 0 bridgehead atoms. The van der Waals surface area contributed by atoms with Crippen molar-refractivity contribution >= 4 is 18.4 Å². The van der Waals surface area contributed by atoms with Crippen LogP contribution in [0.15, 0.2) is 12.1 Å². The van der Waals surface area contributed by atoms with Crippen molar-refractivity contribution in [2.75, 3.05) is 28.4 Å². The summed E-state index contributed by atoms with van der Waals surface area (Å²) in [4.78, 5) is 11.2. The summed E-state index contributed by atoms with van der Waals surface area (Å²) in [6, 6.07) is 2.94. The first kappa shape index (κ1) is 18.3. The van der Waals surface area contributed by atoms with Crippen molar-refractivity contribution in [3.8, 4) is 17.2 Å². The average molecular weight is 306 g/mol. The third-order valence-electron chi connectivity index (χ3n) is 2.73. The van der Waals surface area contributed by atoms with Gasteiger partial charge in [-0.05, 0) is 17.7 Å². The van der Waals surface area contributed by atoms with Gasteiger partial charge in [-0.15, -0.1) is 12.4 Å². The second-order valence-electron chi connectivity index (χ2n) is 3.85. The minimum atomic E-state index is -0.499. The monoisotopic (exact) mass is 305 g/mol. The van der Waals surface area contributed by atoms with E-state index in [2.05, 4.69) is 4.74 Å². The Morgan fingerprint density at radius 2 is 1.60 bits per heavy atom. The molecule has 6 nitrogen and oxygen atoms in total. The van der Waals surface area contributed by atoms with Gasteiger partial charge in [-0.3, -0.25) is 4.79 Å². The maximum atomic E-state index is 11.2. The number of esters is 1. The smallest absolute Gasteiger partial charge is 0.307 e. The molecule has 0 saturated carbocycles. The minimum Gasteiger partial charge on any atom is -0.493 e. The zero-order valence-corrected chi connectivity index (χ0v) is 12.8. The second-order valence-corrected chi connectivity index (χ2v) is 3.85. The molecule has 0 aliphatic heterocycles. The predicted octanol–water partition coefficient (Wildman–Crippen LogP) is 1.70. The van der Waals surface area contributed by atoms with Crippen molar-refractivity contribution in [1.29, 1.82) is 0 Å². The van der Waals surface area contributed by atoms with Crippen molar-refractivity contribution in [3.63, 3.8) is 0 Å². The van der Waals surface area contributed by atoms with Crippen LogP contribution in [0.3, 0.4) is 0 Å². The van der Waals surface area contributed by atoms with Crippen LogP contribution in [0.4, 0.5) is 0 Å². The van der Waals surface area contributed by atoms with Crippen LogP contribution in [0.2, 0.25) is 0 Å². The number of ether oxygens (including phenoxy) is 4. The summed E-state index contributed by atoms with van der Waals surface area (Å²) in [6.07, 6.45) is 0.0785. The lowest BCUT2D eigenvalue weighted by atomic mass is 10.0. The molecule has 20 heavy (non-hydrogen) atoms. The Morgan fingerprint density at radius 3 is 1.95 bits per heavy atom. The summed E-state index contributed by atoms with van der Waals surface area (Å²) in [5.41, 5.74) is 6.67. The lowest BCUT2D eigenvalue weighted by Crippen LogP contribution is -2.16. The third kappa shape index (κ3) is 4.18. The molecule has 0 fully saturated rings. The minimum absolute atomic E-state index is 0. The lowest BCUT2D eigenvalue weighted by Gasteiger charge is -2.17. The number of carbonyl (C=O) groups is 1. The molecule has 1 aromatic rings. The molecule has 0 radical (unpaired) electrons. The molecule has 0 aliphatic carbocycles. The summed E-state index contributed by atoms with van der Waals surface area (Å²) in [7, 11) is 5.89. The van der Waals surface area contributed by atoms with Gasteiger partial charge in [0.2, 0.25) is 5.75 Å². The highest BCUT2D eigenvalue weighted by molar-refractivity contribution is 5.85. The van der Waals surface area contributed by atoms with Gasteiger partial charge in [0.25, 0.3) is 0 Å². The van der Waals surface area contributed by atoms with Gasteiger partial charge in [-0.1, -0.05) is 0 Å². The molecule has 114 valence electrons. The molecule has 0 saturated heterocycles. The van der Waals surface area contributed by atoms with E-state index in [-0.39, 0.29) is 24.8 Å². The third-order valence-corrected chi connectivity index (χ3v) is 2.73. The number of nitrogens with two attached hydrogens (primary N) is 1. The van der Waals surface area contributed by atoms with Gasteiger partial charge in [0.1, 0.15) is 0 Å². The molecule has 0 spiro atoms. The van der Waals surface area contributed by atoms with E-state index in [9.17, 15) is 4.79 Å². The van der Waals surface area contributed by atoms with Crippen LogP contribution in [0.1, 0.15) is 18.0 Å². The zero-order chi connectivity index (χ0) is 14.4. The summed E-state index contributed by atoms with van der Waals surface area (Å²) >= 11 is 0. The molecule has 0 heterocycles. The highest BCUT2D eigenvalue weighted by Crippen LogP contribution is 2.39. The van der Waals surface area contributed by atoms with E-state index >= 15 is 0 Å². The SMILES string of the molecule is COC(=O)C[C@H](N)c1cc(OC)c(OC)c(OC)c1.Cl. The normalized spacial score (nSPS) is 11.1. The first-order valence-electron chi connectivity index (χ1n) is 5.69.